The molecule has 4 nitrogen and oxygen atoms in total. The van der Waals surface area contributed by atoms with Crippen LogP contribution in [0.15, 0.2) is 12.3 Å². The molecule has 0 radical (unpaired) electrons. The van der Waals surface area contributed by atoms with E-state index in [1.807, 2.05) is 16.9 Å². The van der Waals surface area contributed by atoms with Crippen LogP contribution in [-0.4, -0.2) is 28.5 Å². The predicted molar refractivity (Wildman–Crippen MR) is 65.3 cm³/mol. The van der Waals surface area contributed by atoms with E-state index in [0.29, 0.717) is 6.61 Å². The highest BCUT2D eigenvalue weighted by molar-refractivity contribution is 4.98. The quantitative estimate of drug-likeness (QED) is 0.802. The molecule has 92 valence electrons. The smallest absolute Gasteiger partial charge is 0.0762 e. The molecule has 0 spiro atoms. The number of ether oxygens (including phenoxy) is 1. The maximum atomic E-state index is 5.65. The van der Waals surface area contributed by atoms with Gasteiger partial charge in [-0.15, -0.1) is 0 Å². The van der Waals surface area contributed by atoms with E-state index in [1.165, 1.54) is 0 Å². The van der Waals surface area contributed by atoms with Gasteiger partial charge < -0.3 is 10.1 Å². The average molecular weight is 225 g/mol. The van der Waals surface area contributed by atoms with Gasteiger partial charge in [0.2, 0.25) is 0 Å². The van der Waals surface area contributed by atoms with Gasteiger partial charge in [0.05, 0.1) is 24.4 Å². The van der Waals surface area contributed by atoms with Crippen LogP contribution < -0.4 is 5.32 Å². The third-order valence-corrected chi connectivity index (χ3v) is 2.11. The predicted octanol–water partition coefficient (Wildman–Crippen LogP) is 1.81. The monoisotopic (exact) mass is 225 g/mol. The van der Waals surface area contributed by atoms with Crippen LogP contribution in [0.1, 0.15) is 33.4 Å². The average Bonchev–Trinajstić information content (AvgIpc) is 2.61. The normalized spacial score (nSPS) is 12.0. The lowest BCUT2D eigenvalue weighted by atomic mass is 10.2. The van der Waals surface area contributed by atoms with Gasteiger partial charge in [-0.3, -0.25) is 4.68 Å². The maximum Gasteiger partial charge on any atom is 0.0762 e. The Morgan fingerprint density at radius 2 is 2.19 bits per heavy atom. The molecular formula is C12H23N3O. The summed E-state index contributed by atoms with van der Waals surface area (Å²) in [4.78, 5) is 0. The van der Waals surface area contributed by atoms with Crippen molar-refractivity contribution < 1.29 is 4.74 Å². The Morgan fingerprint density at radius 1 is 1.44 bits per heavy atom. The second-order valence-electron chi connectivity index (χ2n) is 4.81. The summed E-state index contributed by atoms with van der Waals surface area (Å²) in [5.41, 5.74) is 1.01. The molecule has 1 aromatic rings. The lowest BCUT2D eigenvalue weighted by Crippen LogP contribution is -2.22. The molecule has 0 saturated heterocycles. The summed E-state index contributed by atoms with van der Waals surface area (Å²) in [6.45, 7) is 11.6. The molecule has 0 fully saturated rings. The molecule has 0 aliphatic carbocycles. The van der Waals surface area contributed by atoms with Crippen molar-refractivity contribution in [1.29, 1.82) is 0 Å². The molecule has 16 heavy (non-hydrogen) atoms. The Hall–Kier alpha value is -0.870. The fourth-order valence-corrected chi connectivity index (χ4v) is 1.32. The van der Waals surface area contributed by atoms with Gasteiger partial charge in [-0.25, -0.2) is 0 Å². The number of hydrogen-bond acceptors (Lipinski definition) is 3. The van der Waals surface area contributed by atoms with E-state index >= 15 is 0 Å². The van der Waals surface area contributed by atoms with Gasteiger partial charge >= 0.3 is 0 Å². The number of nitrogens with zero attached hydrogens (tertiary/aromatic N) is 2. The second kappa shape index (κ2) is 6.01. The van der Waals surface area contributed by atoms with Gasteiger partial charge in [-0.05, 0) is 33.4 Å². The van der Waals surface area contributed by atoms with E-state index in [2.05, 4.69) is 38.1 Å². The zero-order valence-electron chi connectivity index (χ0n) is 10.8. The van der Waals surface area contributed by atoms with Crippen LogP contribution >= 0.6 is 0 Å². The van der Waals surface area contributed by atoms with Crippen LogP contribution in [0.3, 0.4) is 0 Å². The van der Waals surface area contributed by atoms with Crippen molar-refractivity contribution >= 4 is 0 Å². The van der Waals surface area contributed by atoms with E-state index in [4.69, 9.17) is 4.74 Å². The van der Waals surface area contributed by atoms with Crippen LogP contribution in [0.2, 0.25) is 0 Å². The van der Waals surface area contributed by atoms with Crippen LogP contribution in [0.4, 0.5) is 0 Å². The summed E-state index contributed by atoms with van der Waals surface area (Å²) in [7, 11) is 0. The molecule has 0 aliphatic rings. The summed E-state index contributed by atoms with van der Waals surface area (Å²) >= 11 is 0. The lowest BCUT2D eigenvalue weighted by molar-refractivity contribution is -0.00792. The van der Waals surface area contributed by atoms with Gasteiger partial charge in [-0.2, -0.15) is 5.10 Å². The highest BCUT2D eigenvalue weighted by atomic mass is 16.5. The highest BCUT2D eigenvalue weighted by Gasteiger charge is 2.09. The minimum absolute atomic E-state index is 0.0697. The third-order valence-electron chi connectivity index (χ3n) is 2.11. The number of aromatic nitrogens is 2. The molecule has 0 atom stereocenters. The van der Waals surface area contributed by atoms with Crippen LogP contribution in [0.25, 0.3) is 0 Å². The van der Waals surface area contributed by atoms with Gasteiger partial charge in [0.25, 0.3) is 0 Å². The number of nitrogens with one attached hydrogen (secondary N) is 1. The Balaban J connectivity index is 2.29. The van der Waals surface area contributed by atoms with E-state index in [1.54, 1.807) is 0 Å². The second-order valence-corrected chi connectivity index (χ2v) is 4.81. The van der Waals surface area contributed by atoms with Gasteiger partial charge in [0.1, 0.15) is 0 Å². The third kappa shape index (κ3) is 5.28. The first-order valence-electron chi connectivity index (χ1n) is 5.88. The van der Waals surface area contributed by atoms with Crippen LogP contribution in [-0.2, 0) is 17.8 Å². The van der Waals surface area contributed by atoms with Crippen molar-refractivity contribution in [3.8, 4) is 0 Å². The van der Waals surface area contributed by atoms with E-state index < -0.39 is 0 Å². The minimum Gasteiger partial charge on any atom is -0.374 e. The number of rotatable bonds is 6. The Morgan fingerprint density at radius 3 is 2.81 bits per heavy atom. The first-order chi connectivity index (χ1) is 7.51. The maximum absolute atomic E-state index is 5.65. The molecule has 0 aromatic carbocycles. The summed E-state index contributed by atoms with van der Waals surface area (Å²) in [5.74, 6) is 0. The van der Waals surface area contributed by atoms with Crippen molar-refractivity contribution in [2.75, 3.05) is 13.2 Å². The first kappa shape index (κ1) is 13.2. The topological polar surface area (TPSA) is 39.1 Å². The van der Waals surface area contributed by atoms with Crippen LogP contribution in [0.5, 0.6) is 0 Å². The summed E-state index contributed by atoms with van der Waals surface area (Å²) < 4.78 is 7.58. The van der Waals surface area contributed by atoms with Crippen LogP contribution in [0, 0.1) is 0 Å². The van der Waals surface area contributed by atoms with E-state index in [9.17, 15) is 0 Å². The SMILES string of the molecule is CCNCc1ccn(CCOC(C)(C)C)n1. The summed E-state index contributed by atoms with van der Waals surface area (Å²) in [5, 5.41) is 7.69. The van der Waals surface area contributed by atoms with E-state index in [-0.39, 0.29) is 5.60 Å². The van der Waals surface area contributed by atoms with Gasteiger partial charge in [0.15, 0.2) is 0 Å². The molecule has 1 heterocycles. The van der Waals surface area contributed by atoms with Crippen molar-refractivity contribution in [2.24, 2.45) is 0 Å². The largest absolute Gasteiger partial charge is 0.374 e. The molecule has 0 bridgehead atoms. The molecule has 0 unspecified atom stereocenters. The molecule has 0 saturated carbocycles. The first-order valence-corrected chi connectivity index (χ1v) is 5.88. The minimum atomic E-state index is -0.0697. The molecule has 4 heteroatoms. The lowest BCUT2D eigenvalue weighted by Gasteiger charge is -2.19. The van der Waals surface area contributed by atoms with Crippen molar-refractivity contribution in [1.82, 2.24) is 15.1 Å². The van der Waals surface area contributed by atoms with Crippen molar-refractivity contribution in [3.05, 3.63) is 18.0 Å². The molecule has 0 amide bonds. The Bertz CT molecular complexity index is 301. The van der Waals surface area contributed by atoms with E-state index in [0.717, 1.165) is 25.3 Å². The fourth-order valence-electron chi connectivity index (χ4n) is 1.32. The van der Waals surface area contributed by atoms with Crippen molar-refractivity contribution in [2.45, 2.75) is 46.4 Å². The fraction of sp³-hybridized carbons (Fsp3) is 0.750. The Kier molecular flexibility index (Phi) is 4.96. The highest BCUT2D eigenvalue weighted by Crippen LogP contribution is 2.06. The van der Waals surface area contributed by atoms with Gasteiger partial charge in [-0.1, -0.05) is 6.92 Å². The number of hydrogen-bond donors (Lipinski definition) is 1. The zero-order chi connectivity index (χ0) is 12.0. The standard InChI is InChI=1S/C12H23N3O/c1-5-13-10-11-6-7-15(14-11)8-9-16-12(2,3)4/h6-7,13H,5,8-10H2,1-4H3. The molecule has 1 rings (SSSR count). The van der Waals surface area contributed by atoms with Crippen molar-refractivity contribution in [3.63, 3.8) is 0 Å². The Labute approximate surface area is 98.0 Å². The molecule has 1 N–H and O–H groups in total. The summed E-state index contributed by atoms with van der Waals surface area (Å²) in [6.07, 6.45) is 2.00. The molecule has 1 aromatic heterocycles. The summed E-state index contributed by atoms with van der Waals surface area (Å²) in [6, 6.07) is 2.04. The zero-order valence-corrected chi connectivity index (χ0v) is 10.8. The molecular weight excluding hydrogens is 202 g/mol. The van der Waals surface area contributed by atoms with Gasteiger partial charge in [0, 0.05) is 12.7 Å². The molecule has 0 aliphatic heterocycles.